The van der Waals surface area contributed by atoms with Gasteiger partial charge in [0.1, 0.15) is 5.82 Å². The van der Waals surface area contributed by atoms with Crippen LogP contribution in [0.4, 0.5) is 10.6 Å². The summed E-state index contributed by atoms with van der Waals surface area (Å²) in [5, 5.41) is 1.96. The summed E-state index contributed by atoms with van der Waals surface area (Å²) in [4.78, 5) is 26.0. The average Bonchev–Trinajstić information content (AvgIpc) is 2.16. The van der Waals surface area contributed by atoms with Crippen molar-refractivity contribution in [2.45, 2.75) is 4.90 Å². The Balaban J connectivity index is 2.40. The number of amides is 3. The SMILES string of the molecule is NC(=O)NC(=O)CSc1ccc(N)nc1. The van der Waals surface area contributed by atoms with E-state index in [9.17, 15) is 9.59 Å². The van der Waals surface area contributed by atoms with E-state index in [2.05, 4.69) is 4.98 Å². The van der Waals surface area contributed by atoms with E-state index in [4.69, 9.17) is 11.5 Å². The molecule has 1 rings (SSSR count). The molecule has 0 bridgehead atoms. The average molecular weight is 226 g/mol. The number of primary amides is 1. The second-order valence-electron chi connectivity index (χ2n) is 2.62. The molecule has 7 heteroatoms. The molecule has 0 fully saturated rings. The van der Waals surface area contributed by atoms with Gasteiger partial charge in [0.15, 0.2) is 0 Å². The molecule has 0 aliphatic rings. The number of anilines is 1. The third-order valence-electron chi connectivity index (χ3n) is 1.39. The molecule has 0 aromatic carbocycles. The quantitative estimate of drug-likeness (QED) is 0.626. The topological polar surface area (TPSA) is 111 Å². The van der Waals surface area contributed by atoms with Crippen molar-refractivity contribution in [3.05, 3.63) is 18.3 Å². The summed E-state index contributed by atoms with van der Waals surface area (Å²) >= 11 is 1.24. The van der Waals surface area contributed by atoms with Crippen molar-refractivity contribution in [3.63, 3.8) is 0 Å². The molecule has 0 unspecified atom stereocenters. The maximum atomic E-state index is 11.0. The van der Waals surface area contributed by atoms with Crippen LogP contribution in [0.2, 0.25) is 0 Å². The second kappa shape index (κ2) is 5.20. The zero-order chi connectivity index (χ0) is 11.3. The Kier molecular flexibility index (Phi) is 3.92. The Morgan fingerprint density at radius 1 is 1.47 bits per heavy atom. The normalized spacial score (nSPS) is 9.60. The fraction of sp³-hybridized carbons (Fsp3) is 0.125. The second-order valence-corrected chi connectivity index (χ2v) is 3.67. The summed E-state index contributed by atoms with van der Waals surface area (Å²) < 4.78 is 0. The molecule has 5 N–H and O–H groups in total. The Morgan fingerprint density at radius 2 is 2.20 bits per heavy atom. The van der Waals surface area contributed by atoms with Crippen LogP contribution in [0.5, 0.6) is 0 Å². The van der Waals surface area contributed by atoms with Gasteiger partial charge in [0.05, 0.1) is 5.75 Å². The van der Waals surface area contributed by atoms with E-state index in [0.29, 0.717) is 5.82 Å². The fourth-order valence-corrected chi connectivity index (χ4v) is 1.46. The minimum atomic E-state index is -0.851. The molecule has 6 nitrogen and oxygen atoms in total. The fourth-order valence-electron chi connectivity index (χ4n) is 0.799. The number of hydrogen-bond donors (Lipinski definition) is 3. The summed E-state index contributed by atoms with van der Waals surface area (Å²) in [6, 6.07) is 2.52. The Hall–Kier alpha value is -1.76. The maximum absolute atomic E-state index is 11.0. The van der Waals surface area contributed by atoms with E-state index in [1.54, 1.807) is 18.3 Å². The molecule has 0 aliphatic carbocycles. The molecular weight excluding hydrogens is 216 g/mol. The number of thioether (sulfide) groups is 1. The van der Waals surface area contributed by atoms with Gasteiger partial charge in [-0.05, 0) is 12.1 Å². The summed E-state index contributed by atoms with van der Waals surface area (Å²) in [5.74, 6) is 0.0828. The van der Waals surface area contributed by atoms with Crippen LogP contribution >= 0.6 is 11.8 Å². The Morgan fingerprint density at radius 3 is 2.73 bits per heavy atom. The predicted molar refractivity (Wildman–Crippen MR) is 57.1 cm³/mol. The van der Waals surface area contributed by atoms with Gasteiger partial charge in [0, 0.05) is 11.1 Å². The van der Waals surface area contributed by atoms with E-state index in [1.165, 1.54) is 11.8 Å². The molecule has 1 aromatic heterocycles. The number of hydrogen-bond acceptors (Lipinski definition) is 5. The third kappa shape index (κ3) is 4.32. The molecule has 0 saturated carbocycles. The van der Waals surface area contributed by atoms with Gasteiger partial charge in [-0.15, -0.1) is 11.8 Å². The molecule has 1 heterocycles. The van der Waals surface area contributed by atoms with E-state index in [1.807, 2.05) is 5.32 Å². The van der Waals surface area contributed by atoms with Crippen LogP contribution in [0.3, 0.4) is 0 Å². The highest BCUT2D eigenvalue weighted by molar-refractivity contribution is 8.00. The summed E-state index contributed by atoms with van der Waals surface area (Å²) in [7, 11) is 0. The number of imide groups is 1. The van der Waals surface area contributed by atoms with E-state index < -0.39 is 11.9 Å². The number of nitrogen functional groups attached to an aromatic ring is 1. The lowest BCUT2D eigenvalue weighted by atomic mass is 10.5. The molecule has 3 amide bonds. The van der Waals surface area contributed by atoms with Crippen LogP contribution in [-0.2, 0) is 4.79 Å². The number of rotatable bonds is 3. The van der Waals surface area contributed by atoms with Crippen molar-refractivity contribution < 1.29 is 9.59 Å². The van der Waals surface area contributed by atoms with Crippen LogP contribution in [0.15, 0.2) is 23.2 Å². The number of nitrogens with zero attached hydrogens (tertiary/aromatic N) is 1. The van der Waals surface area contributed by atoms with Gasteiger partial charge in [-0.1, -0.05) is 0 Å². The molecule has 0 atom stereocenters. The Bertz CT molecular complexity index is 365. The van der Waals surface area contributed by atoms with Crippen molar-refractivity contribution in [1.82, 2.24) is 10.3 Å². The highest BCUT2D eigenvalue weighted by Crippen LogP contribution is 2.16. The molecule has 0 saturated heterocycles. The third-order valence-corrected chi connectivity index (χ3v) is 2.37. The predicted octanol–water partition coefficient (Wildman–Crippen LogP) is -0.0492. The molecular formula is C8H10N4O2S. The van der Waals surface area contributed by atoms with Gasteiger partial charge >= 0.3 is 6.03 Å². The molecule has 0 radical (unpaired) electrons. The lowest BCUT2D eigenvalue weighted by Crippen LogP contribution is -2.36. The van der Waals surface area contributed by atoms with Crippen molar-refractivity contribution in [3.8, 4) is 0 Å². The number of urea groups is 1. The lowest BCUT2D eigenvalue weighted by Gasteiger charge is -2.01. The molecule has 1 aromatic rings. The Labute approximate surface area is 90.4 Å². The monoisotopic (exact) mass is 226 g/mol. The number of pyridine rings is 1. The van der Waals surface area contributed by atoms with E-state index in [0.717, 1.165) is 4.90 Å². The van der Waals surface area contributed by atoms with Crippen LogP contribution in [0.25, 0.3) is 0 Å². The zero-order valence-electron chi connectivity index (χ0n) is 7.77. The molecule has 80 valence electrons. The van der Waals surface area contributed by atoms with Crippen molar-refractivity contribution >= 4 is 29.5 Å². The maximum Gasteiger partial charge on any atom is 0.318 e. The minimum Gasteiger partial charge on any atom is -0.384 e. The number of aromatic nitrogens is 1. The van der Waals surface area contributed by atoms with Crippen molar-refractivity contribution in [2.75, 3.05) is 11.5 Å². The molecule has 15 heavy (non-hydrogen) atoms. The van der Waals surface area contributed by atoms with Crippen molar-refractivity contribution in [1.29, 1.82) is 0 Å². The molecule has 0 spiro atoms. The first-order chi connectivity index (χ1) is 7.08. The first kappa shape index (κ1) is 11.3. The van der Waals surface area contributed by atoms with Crippen LogP contribution in [0.1, 0.15) is 0 Å². The summed E-state index contributed by atoms with van der Waals surface area (Å²) in [6.07, 6.45) is 1.55. The zero-order valence-corrected chi connectivity index (χ0v) is 8.58. The van der Waals surface area contributed by atoms with Gasteiger partial charge in [-0.3, -0.25) is 10.1 Å². The van der Waals surface area contributed by atoms with Gasteiger partial charge in [-0.25, -0.2) is 9.78 Å². The lowest BCUT2D eigenvalue weighted by molar-refractivity contribution is -0.117. The van der Waals surface area contributed by atoms with Gasteiger partial charge < -0.3 is 11.5 Å². The van der Waals surface area contributed by atoms with Crippen LogP contribution in [0, 0.1) is 0 Å². The number of nitrogens with one attached hydrogen (secondary N) is 1. The number of carbonyl (C=O) groups is 2. The van der Waals surface area contributed by atoms with E-state index in [-0.39, 0.29) is 5.75 Å². The first-order valence-corrected chi connectivity index (χ1v) is 5.00. The molecule has 0 aliphatic heterocycles. The standard InChI is InChI=1S/C8H10N4O2S/c9-6-2-1-5(3-11-6)15-4-7(13)12-8(10)14/h1-3H,4H2,(H2,9,11)(H3,10,12,13,14). The van der Waals surface area contributed by atoms with E-state index >= 15 is 0 Å². The highest BCUT2D eigenvalue weighted by Gasteiger charge is 2.04. The summed E-state index contributed by atoms with van der Waals surface area (Å²) in [5.41, 5.74) is 10.2. The van der Waals surface area contributed by atoms with Crippen LogP contribution < -0.4 is 16.8 Å². The first-order valence-electron chi connectivity index (χ1n) is 4.01. The highest BCUT2D eigenvalue weighted by atomic mass is 32.2. The minimum absolute atomic E-state index is 0.106. The number of carbonyl (C=O) groups excluding carboxylic acids is 2. The van der Waals surface area contributed by atoms with Gasteiger partial charge in [-0.2, -0.15) is 0 Å². The largest absolute Gasteiger partial charge is 0.384 e. The van der Waals surface area contributed by atoms with Gasteiger partial charge in [0.2, 0.25) is 5.91 Å². The van der Waals surface area contributed by atoms with Crippen LogP contribution in [-0.4, -0.2) is 22.7 Å². The van der Waals surface area contributed by atoms with Gasteiger partial charge in [0.25, 0.3) is 0 Å². The van der Waals surface area contributed by atoms with Crippen molar-refractivity contribution in [2.24, 2.45) is 5.73 Å². The smallest absolute Gasteiger partial charge is 0.318 e. The number of nitrogens with two attached hydrogens (primary N) is 2. The summed E-state index contributed by atoms with van der Waals surface area (Å²) in [6.45, 7) is 0.